The Morgan fingerprint density at radius 2 is 1.52 bits per heavy atom. The SMILES string of the molecule is Cc1cccc(C)c1OCCN1C(=O)C(=O)c2cccc(C)c21. The number of hydrogen-bond donors (Lipinski definition) is 0. The van der Waals surface area contributed by atoms with Gasteiger partial charge in [0.1, 0.15) is 12.4 Å². The van der Waals surface area contributed by atoms with Crippen LogP contribution in [0.25, 0.3) is 0 Å². The molecule has 0 aliphatic carbocycles. The zero-order chi connectivity index (χ0) is 16.6. The van der Waals surface area contributed by atoms with Crippen molar-refractivity contribution in [3.8, 4) is 5.75 Å². The van der Waals surface area contributed by atoms with E-state index in [9.17, 15) is 9.59 Å². The van der Waals surface area contributed by atoms with Crippen LogP contribution in [0.5, 0.6) is 5.75 Å². The Bertz CT molecular complexity index is 775. The zero-order valence-electron chi connectivity index (χ0n) is 13.6. The molecular formula is C19H19NO3. The number of nitrogens with zero attached hydrogens (tertiary/aromatic N) is 1. The number of ether oxygens (including phenoxy) is 1. The summed E-state index contributed by atoms with van der Waals surface area (Å²) in [7, 11) is 0. The molecule has 1 aliphatic heterocycles. The van der Waals surface area contributed by atoms with Crippen molar-refractivity contribution in [1.29, 1.82) is 0 Å². The predicted octanol–water partition coefficient (Wildman–Crippen LogP) is 3.22. The number of hydrogen-bond acceptors (Lipinski definition) is 3. The summed E-state index contributed by atoms with van der Waals surface area (Å²) in [5.41, 5.74) is 4.25. The van der Waals surface area contributed by atoms with Gasteiger partial charge in [-0.25, -0.2) is 0 Å². The van der Waals surface area contributed by atoms with Gasteiger partial charge in [-0.15, -0.1) is 0 Å². The highest BCUT2D eigenvalue weighted by molar-refractivity contribution is 6.52. The van der Waals surface area contributed by atoms with Crippen LogP contribution in [-0.2, 0) is 4.79 Å². The minimum atomic E-state index is -0.473. The van der Waals surface area contributed by atoms with Crippen molar-refractivity contribution in [2.45, 2.75) is 20.8 Å². The maximum Gasteiger partial charge on any atom is 0.299 e. The maximum absolute atomic E-state index is 12.2. The van der Waals surface area contributed by atoms with Crippen molar-refractivity contribution < 1.29 is 14.3 Å². The molecule has 4 heteroatoms. The molecule has 0 aromatic heterocycles. The number of fused-ring (bicyclic) bond motifs is 1. The number of para-hydroxylation sites is 2. The van der Waals surface area contributed by atoms with E-state index < -0.39 is 11.7 Å². The number of anilines is 1. The summed E-state index contributed by atoms with van der Waals surface area (Å²) in [5, 5.41) is 0. The van der Waals surface area contributed by atoms with Crippen molar-refractivity contribution in [2.75, 3.05) is 18.1 Å². The fourth-order valence-corrected chi connectivity index (χ4v) is 3.02. The first kappa shape index (κ1) is 15.3. The fraction of sp³-hybridized carbons (Fsp3) is 0.263. The van der Waals surface area contributed by atoms with Crippen LogP contribution in [0.15, 0.2) is 36.4 Å². The highest BCUT2D eigenvalue weighted by Gasteiger charge is 2.36. The molecule has 0 spiro atoms. The van der Waals surface area contributed by atoms with Gasteiger partial charge in [0.2, 0.25) is 0 Å². The quantitative estimate of drug-likeness (QED) is 0.815. The first-order chi connectivity index (χ1) is 11.0. The Morgan fingerprint density at radius 3 is 2.22 bits per heavy atom. The van der Waals surface area contributed by atoms with Crippen LogP contribution in [0.4, 0.5) is 5.69 Å². The lowest BCUT2D eigenvalue weighted by atomic mass is 10.1. The van der Waals surface area contributed by atoms with E-state index in [1.807, 2.05) is 45.0 Å². The van der Waals surface area contributed by atoms with Crippen LogP contribution in [0.3, 0.4) is 0 Å². The third-order valence-corrected chi connectivity index (χ3v) is 4.16. The molecule has 4 nitrogen and oxygen atoms in total. The van der Waals surface area contributed by atoms with E-state index >= 15 is 0 Å². The number of Topliss-reactive ketones (excluding diaryl/α,β-unsaturated/α-hetero) is 1. The molecule has 1 amide bonds. The second kappa shape index (κ2) is 5.88. The van der Waals surface area contributed by atoms with Crippen molar-refractivity contribution in [3.63, 3.8) is 0 Å². The third kappa shape index (κ3) is 2.61. The van der Waals surface area contributed by atoms with Gasteiger partial charge in [0.15, 0.2) is 0 Å². The molecule has 0 unspecified atom stereocenters. The summed E-state index contributed by atoms with van der Waals surface area (Å²) in [6.07, 6.45) is 0. The molecule has 3 rings (SSSR count). The summed E-state index contributed by atoms with van der Waals surface area (Å²) in [6.45, 7) is 6.59. The van der Waals surface area contributed by atoms with Crippen molar-refractivity contribution in [2.24, 2.45) is 0 Å². The molecule has 2 aromatic carbocycles. The predicted molar refractivity (Wildman–Crippen MR) is 89.3 cm³/mol. The molecule has 118 valence electrons. The molecule has 0 fully saturated rings. The third-order valence-electron chi connectivity index (χ3n) is 4.16. The lowest BCUT2D eigenvalue weighted by Crippen LogP contribution is -2.33. The maximum atomic E-state index is 12.2. The Kier molecular flexibility index (Phi) is 3.90. The van der Waals surface area contributed by atoms with E-state index in [-0.39, 0.29) is 0 Å². The smallest absolute Gasteiger partial charge is 0.299 e. The second-order valence-corrected chi connectivity index (χ2v) is 5.83. The van der Waals surface area contributed by atoms with Gasteiger partial charge >= 0.3 is 0 Å². The molecule has 0 saturated carbocycles. The molecule has 2 aromatic rings. The highest BCUT2D eigenvalue weighted by Crippen LogP contribution is 2.32. The normalized spacial score (nSPS) is 13.4. The molecule has 0 atom stereocenters. The zero-order valence-corrected chi connectivity index (χ0v) is 13.6. The summed E-state index contributed by atoms with van der Waals surface area (Å²) >= 11 is 0. The number of carbonyl (C=O) groups is 2. The minimum absolute atomic E-state index is 0.346. The molecule has 0 radical (unpaired) electrons. The van der Waals surface area contributed by atoms with E-state index in [0.717, 1.165) is 22.4 Å². The summed E-state index contributed by atoms with van der Waals surface area (Å²) < 4.78 is 5.86. The summed E-state index contributed by atoms with van der Waals surface area (Å²) in [6, 6.07) is 11.4. The fourth-order valence-electron chi connectivity index (χ4n) is 3.02. The molecule has 1 heterocycles. The second-order valence-electron chi connectivity index (χ2n) is 5.83. The lowest BCUT2D eigenvalue weighted by Gasteiger charge is -2.19. The molecule has 0 saturated heterocycles. The summed E-state index contributed by atoms with van der Waals surface area (Å²) in [5.74, 6) is -0.0642. The van der Waals surface area contributed by atoms with Crippen molar-refractivity contribution >= 4 is 17.4 Å². The number of amides is 1. The van der Waals surface area contributed by atoms with E-state index in [1.54, 1.807) is 12.1 Å². The van der Waals surface area contributed by atoms with E-state index in [4.69, 9.17) is 4.74 Å². The van der Waals surface area contributed by atoms with Gasteiger partial charge in [-0.2, -0.15) is 0 Å². The molecular weight excluding hydrogens is 290 g/mol. The van der Waals surface area contributed by atoms with Crippen LogP contribution in [-0.4, -0.2) is 24.8 Å². The van der Waals surface area contributed by atoms with Crippen LogP contribution in [0.1, 0.15) is 27.0 Å². The monoisotopic (exact) mass is 309 g/mol. The van der Waals surface area contributed by atoms with E-state index in [2.05, 4.69) is 0 Å². The van der Waals surface area contributed by atoms with Crippen molar-refractivity contribution in [3.05, 3.63) is 58.7 Å². The largest absolute Gasteiger partial charge is 0.491 e. The average Bonchev–Trinajstić information content (AvgIpc) is 2.76. The Hall–Kier alpha value is -2.62. The number of benzene rings is 2. The molecule has 0 N–H and O–H groups in total. The Labute approximate surface area is 135 Å². The van der Waals surface area contributed by atoms with Crippen LogP contribution in [0.2, 0.25) is 0 Å². The molecule has 0 bridgehead atoms. The summed E-state index contributed by atoms with van der Waals surface area (Å²) in [4.78, 5) is 25.8. The Morgan fingerprint density at radius 1 is 0.913 bits per heavy atom. The van der Waals surface area contributed by atoms with E-state index in [0.29, 0.717) is 24.4 Å². The van der Waals surface area contributed by atoms with Gasteiger partial charge in [-0.3, -0.25) is 9.59 Å². The topological polar surface area (TPSA) is 46.6 Å². The number of carbonyl (C=O) groups excluding carboxylic acids is 2. The minimum Gasteiger partial charge on any atom is -0.491 e. The van der Waals surface area contributed by atoms with Gasteiger partial charge in [0, 0.05) is 0 Å². The van der Waals surface area contributed by atoms with Crippen LogP contribution in [0, 0.1) is 20.8 Å². The highest BCUT2D eigenvalue weighted by atomic mass is 16.5. The number of rotatable bonds is 4. The van der Waals surface area contributed by atoms with Gasteiger partial charge in [0.25, 0.3) is 11.7 Å². The van der Waals surface area contributed by atoms with Gasteiger partial charge in [0.05, 0.1) is 17.8 Å². The standard InChI is InChI=1S/C19H19NO3/c1-12-6-5-9-15-16(12)20(19(22)17(15)21)10-11-23-18-13(2)7-4-8-14(18)3/h4-9H,10-11H2,1-3H3. The Balaban J connectivity index is 1.77. The van der Waals surface area contributed by atoms with Gasteiger partial charge in [-0.05, 0) is 43.5 Å². The van der Waals surface area contributed by atoms with Gasteiger partial charge in [-0.1, -0.05) is 30.3 Å². The van der Waals surface area contributed by atoms with Crippen LogP contribution < -0.4 is 9.64 Å². The van der Waals surface area contributed by atoms with Gasteiger partial charge < -0.3 is 9.64 Å². The first-order valence-corrected chi connectivity index (χ1v) is 7.65. The average molecular weight is 309 g/mol. The van der Waals surface area contributed by atoms with Crippen LogP contribution >= 0.6 is 0 Å². The number of aryl methyl sites for hydroxylation is 3. The molecule has 23 heavy (non-hydrogen) atoms. The van der Waals surface area contributed by atoms with E-state index in [1.165, 1.54) is 4.90 Å². The first-order valence-electron chi connectivity index (χ1n) is 7.65. The number of ketones is 1. The lowest BCUT2D eigenvalue weighted by molar-refractivity contribution is -0.114. The van der Waals surface area contributed by atoms with Crippen molar-refractivity contribution in [1.82, 2.24) is 0 Å². The molecule has 1 aliphatic rings.